The fourth-order valence-corrected chi connectivity index (χ4v) is 2.25. The lowest BCUT2D eigenvalue weighted by Crippen LogP contribution is -2.21. The molecule has 0 aliphatic carbocycles. The van der Waals surface area contributed by atoms with Gasteiger partial charge in [-0.2, -0.15) is 0 Å². The van der Waals surface area contributed by atoms with Crippen LogP contribution in [0.25, 0.3) is 0 Å². The fourth-order valence-electron chi connectivity index (χ4n) is 2.05. The zero-order chi connectivity index (χ0) is 14.5. The lowest BCUT2D eigenvalue weighted by atomic mass is 10.1. The normalized spacial score (nSPS) is 10.8. The molecular formula is C15H16FN3S. The highest BCUT2D eigenvalue weighted by atomic mass is 32.1. The Kier molecular flexibility index (Phi) is 4.76. The summed E-state index contributed by atoms with van der Waals surface area (Å²) in [5, 5.41) is 0. The quantitative estimate of drug-likeness (QED) is 0.859. The molecule has 5 heteroatoms. The van der Waals surface area contributed by atoms with E-state index in [0.717, 1.165) is 11.3 Å². The van der Waals surface area contributed by atoms with Gasteiger partial charge in [0, 0.05) is 24.8 Å². The molecule has 0 aliphatic heterocycles. The Morgan fingerprint density at radius 1 is 1.30 bits per heavy atom. The van der Waals surface area contributed by atoms with Gasteiger partial charge < -0.3 is 5.73 Å². The van der Waals surface area contributed by atoms with E-state index in [4.69, 9.17) is 18.0 Å². The SMILES string of the molecule is CN(Cc1ccccn1)Cc1cc(F)ccc1C(N)=S. The Bertz CT molecular complexity index is 601. The molecule has 0 fully saturated rings. The summed E-state index contributed by atoms with van der Waals surface area (Å²) >= 11 is 5.00. The zero-order valence-corrected chi connectivity index (χ0v) is 12.0. The van der Waals surface area contributed by atoms with Crippen molar-refractivity contribution in [2.24, 2.45) is 5.73 Å². The number of aromatic nitrogens is 1. The number of hydrogen-bond donors (Lipinski definition) is 1. The average Bonchev–Trinajstić information content (AvgIpc) is 2.39. The summed E-state index contributed by atoms with van der Waals surface area (Å²) in [6, 6.07) is 10.2. The number of halogens is 1. The summed E-state index contributed by atoms with van der Waals surface area (Å²) in [6.45, 7) is 1.23. The molecular weight excluding hydrogens is 273 g/mol. The third-order valence-corrected chi connectivity index (χ3v) is 3.15. The molecule has 1 heterocycles. The summed E-state index contributed by atoms with van der Waals surface area (Å²) in [5.41, 5.74) is 8.14. The van der Waals surface area contributed by atoms with Crippen molar-refractivity contribution < 1.29 is 4.39 Å². The Balaban J connectivity index is 2.13. The van der Waals surface area contributed by atoms with Gasteiger partial charge in [0.1, 0.15) is 10.8 Å². The van der Waals surface area contributed by atoms with Gasteiger partial charge in [0.05, 0.1) is 5.69 Å². The second-order valence-electron chi connectivity index (χ2n) is 4.66. The van der Waals surface area contributed by atoms with Gasteiger partial charge in [0.2, 0.25) is 0 Å². The van der Waals surface area contributed by atoms with E-state index in [2.05, 4.69) is 4.98 Å². The molecule has 0 saturated heterocycles. The molecule has 2 N–H and O–H groups in total. The van der Waals surface area contributed by atoms with E-state index in [1.54, 1.807) is 12.3 Å². The predicted molar refractivity (Wildman–Crippen MR) is 81.7 cm³/mol. The highest BCUT2D eigenvalue weighted by Gasteiger charge is 2.10. The van der Waals surface area contributed by atoms with E-state index in [0.29, 0.717) is 18.7 Å². The van der Waals surface area contributed by atoms with Crippen molar-refractivity contribution in [1.29, 1.82) is 0 Å². The average molecular weight is 289 g/mol. The van der Waals surface area contributed by atoms with Crippen molar-refractivity contribution in [3.8, 4) is 0 Å². The minimum absolute atomic E-state index is 0.284. The van der Waals surface area contributed by atoms with Crippen molar-refractivity contribution >= 4 is 17.2 Å². The molecule has 20 heavy (non-hydrogen) atoms. The fraction of sp³-hybridized carbons (Fsp3) is 0.200. The number of nitrogens with zero attached hydrogens (tertiary/aromatic N) is 2. The molecule has 1 aromatic carbocycles. The third kappa shape index (κ3) is 3.82. The van der Waals surface area contributed by atoms with Gasteiger partial charge in [-0.15, -0.1) is 0 Å². The number of thiocarbonyl (C=S) groups is 1. The Labute approximate surface area is 123 Å². The van der Waals surface area contributed by atoms with Crippen LogP contribution >= 0.6 is 12.2 Å². The minimum Gasteiger partial charge on any atom is -0.389 e. The van der Waals surface area contributed by atoms with E-state index in [-0.39, 0.29) is 10.8 Å². The molecule has 0 aliphatic rings. The highest BCUT2D eigenvalue weighted by molar-refractivity contribution is 7.80. The van der Waals surface area contributed by atoms with Crippen LogP contribution in [-0.4, -0.2) is 21.9 Å². The molecule has 0 saturated carbocycles. The van der Waals surface area contributed by atoms with Crippen molar-refractivity contribution in [3.63, 3.8) is 0 Å². The summed E-state index contributed by atoms with van der Waals surface area (Å²) < 4.78 is 13.4. The van der Waals surface area contributed by atoms with Gasteiger partial charge in [-0.25, -0.2) is 4.39 Å². The lowest BCUT2D eigenvalue weighted by Gasteiger charge is -2.18. The van der Waals surface area contributed by atoms with Gasteiger partial charge in [-0.1, -0.05) is 18.3 Å². The zero-order valence-electron chi connectivity index (χ0n) is 11.2. The van der Waals surface area contributed by atoms with Crippen molar-refractivity contribution in [2.45, 2.75) is 13.1 Å². The smallest absolute Gasteiger partial charge is 0.123 e. The summed E-state index contributed by atoms with van der Waals surface area (Å²) in [6.07, 6.45) is 1.76. The second kappa shape index (κ2) is 6.54. The molecule has 0 bridgehead atoms. The van der Waals surface area contributed by atoms with Crippen molar-refractivity contribution in [1.82, 2.24) is 9.88 Å². The van der Waals surface area contributed by atoms with Crippen LogP contribution in [0, 0.1) is 5.82 Å². The number of hydrogen-bond acceptors (Lipinski definition) is 3. The van der Waals surface area contributed by atoms with Gasteiger partial charge >= 0.3 is 0 Å². The van der Waals surface area contributed by atoms with E-state index in [1.165, 1.54) is 12.1 Å². The first-order valence-electron chi connectivity index (χ1n) is 6.23. The van der Waals surface area contributed by atoms with E-state index in [1.807, 2.05) is 30.1 Å². The monoisotopic (exact) mass is 289 g/mol. The van der Waals surface area contributed by atoms with Crippen molar-refractivity contribution in [3.05, 3.63) is 65.2 Å². The maximum Gasteiger partial charge on any atom is 0.123 e. The molecule has 2 rings (SSSR count). The van der Waals surface area contributed by atoms with Gasteiger partial charge in [0.15, 0.2) is 0 Å². The van der Waals surface area contributed by atoms with E-state index < -0.39 is 0 Å². The second-order valence-corrected chi connectivity index (χ2v) is 5.10. The number of nitrogens with two attached hydrogens (primary N) is 1. The molecule has 0 radical (unpaired) electrons. The maximum absolute atomic E-state index is 13.4. The molecule has 1 aromatic heterocycles. The summed E-state index contributed by atoms with van der Waals surface area (Å²) in [4.78, 5) is 6.59. The van der Waals surface area contributed by atoms with E-state index >= 15 is 0 Å². The molecule has 0 amide bonds. The van der Waals surface area contributed by atoms with Crippen LogP contribution in [0.5, 0.6) is 0 Å². The van der Waals surface area contributed by atoms with Gasteiger partial charge in [-0.05, 0) is 42.9 Å². The maximum atomic E-state index is 13.4. The molecule has 0 atom stereocenters. The third-order valence-electron chi connectivity index (χ3n) is 2.93. The standard InChI is InChI=1S/C15H16FN3S/c1-19(10-13-4-2-3-7-18-13)9-11-8-12(16)5-6-14(11)15(17)20/h2-8H,9-10H2,1H3,(H2,17,20). The van der Waals surface area contributed by atoms with Crippen LogP contribution < -0.4 is 5.73 Å². The topological polar surface area (TPSA) is 42.2 Å². The predicted octanol–water partition coefficient (Wildman–Crippen LogP) is 2.49. The van der Waals surface area contributed by atoms with Crippen molar-refractivity contribution in [2.75, 3.05) is 7.05 Å². The van der Waals surface area contributed by atoms with Crippen LogP contribution in [0.1, 0.15) is 16.8 Å². The molecule has 104 valence electrons. The minimum atomic E-state index is -0.286. The summed E-state index contributed by atoms with van der Waals surface area (Å²) in [5.74, 6) is -0.286. The van der Waals surface area contributed by atoms with Crippen LogP contribution in [0.3, 0.4) is 0 Å². The number of rotatable bonds is 5. The Morgan fingerprint density at radius 3 is 2.75 bits per heavy atom. The number of pyridine rings is 1. The number of benzene rings is 1. The Morgan fingerprint density at radius 2 is 2.10 bits per heavy atom. The lowest BCUT2D eigenvalue weighted by molar-refractivity contribution is 0.314. The first kappa shape index (κ1) is 14.6. The first-order valence-corrected chi connectivity index (χ1v) is 6.64. The largest absolute Gasteiger partial charge is 0.389 e. The molecule has 2 aromatic rings. The van der Waals surface area contributed by atoms with Crippen LogP contribution in [-0.2, 0) is 13.1 Å². The van der Waals surface area contributed by atoms with Crippen LogP contribution in [0.2, 0.25) is 0 Å². The van der Waals surface area contributed by atoms with E-state index in [9.17, 15) is 4.39 Å². The van der Waals surface area contributed by atoms with Crippen LogP contribution in [0.4, 0.5) is 4.39 Å². The molecule has 3 nitrogen and oxygen atoms in total. The summed E-state index contributed by atoms with van der Waals surface area (Å²) in [7, 11) is 1.95. The Hall–Kier alpha value is -1.85. The molecule has 0 spiro atoms. The van der Waals surface area contributed by atoms with Gasteiger partial charge in [-0.3, -0.25) is 9.88 Å². The van der Waals surface area contributed by atoms with Gasteiger partial charge in [0.25, 0.3) is 0 Å². The molecule has 0 unspecified atom stereocenters. The highest BCUT2D eigenvalue weighted by Crippen LogP contribution is 2.14. The van der Waals surface area contributed by atoms with Crippen LogP contribution in [0.15, 0.2) is 42.6 Å². The first-order chi connectivity index (χ1) is 9.56.